The second kappa shape index (κ2) is 7.30. The van der Waals surface area contributed by atoms with E-state index < -0.39 is 11.7 Å². The first kappa shape index (κ1) is 17.1. The molecule has 0 bridgehead atoms. The summed E-state index contributed by atoms with van der Waals surface area (Å²) in [6, 6.07) is 4.04. The first-order chi connectivity index (χ1) is 10.4. The quantitative estimate of drug-likeness (QED) is 0.813. The van der Waals surface area contributed by atoms with Crippen molar-refractivity contribution in [2.45, 2.75) is 19.1 Å². The maximum Gasteiger partial charge on any atom is 0.416 e. The van der Waals surface area contributed by atoms with E-state index in [0.29, 0.717) is 13.1 Å². The fourth-order valence-electron chi connectivity index (χ4n) is 2.72. The second-order valence-corrected chi connectivity index (χ2v) is 5.67. The summed E-state index contributed by atoms with van der Waals surface area (Å²) in [5.41, 5.74) is 10.8. The number of nitrogen functional groups attached to an aromatic ring is 1. The van der Waals surface area contributed by atoms with Gasteiger partial charge in [-0.15, -0.1) is 0 Å². The maximum atomic E-state index is 13.1. The molecule has 7 heteroatoms. The fourth-order valence-corrected chi connectivity index (χ4v) is 2.72. The number of hydrogen-bond donors (Lipinski definition) is 2. The van der Waals surface area contributed by atoms with Gasteiger partial charge in [-0.2, -0.15) is 13.2 Å². The number of piperazine rings is 1. The van der Waals surface area contributed by atoms with E-state index in [-0.39, 0.29) is 11.3 Å². The Morgan fingerprint density at radius 2 is 1.68 bits per heavy atom. The highest BCUT2D eigenvalue weighted by Crippen LogP contribution is 2.34. The zero-order chi connectivity index (χ0) is 16.2. The lowest BCUT2D eigenvalue weighted by molar-refractivity contribution is -0.138. The number of nitrogens with two attached hydrogens (primary N) is 2. The minimum Gasteiger partial charge on any atom is -0.399 e. The summed E-state index contributed by atoms with van der Waals surface area (Å²) in [6.45, 7) is 5.21. The van der Waals surface area contributed by atoms with E-state index >= 15 is 0 Å². The van der Waals surface area contributed by atoms with Gasteiger partial charge in [0.15, 0.2) is 0 Å². The Balaban J connectivity index is 1.98. The lowest BCUT2D eigenvalue weighted by Crippen LogP contribution is -2.46. The van der Waals surface area contributed by atoms with Crippen LogP contribution in [0, 0.1) is 0 Å². The van der Waals surface area contributed by atoms with Crippen LogP contribution in [0.25, 0.3) is 0 Å². The summed E-state index contributed by atoms with van der Waals surface area (Å²) < 4.78 is 39.3. The van der Waals surface area contributed by atoms with Gasteiger partial charge in [-0.25, -0.2) is 0 Å². The summed E-state index contributed by atoms with van der Waals surface area (Å²) >= 11 is 0. The molecule has 1 aromatic rings. The van der Waals surface area contributed by atoms with Gasteiger partial charge in [-0.05, 0) is 37.2 Å². The van der Waals surface area contributed by atoms with Gasteiger partial charge >= 0.3 is 6.18 Å². The molecule has 1 saturated heterocycles. The fraction of sp³-hybridized carbons (Fsp3) is 0.600. The Labute approximate surface area is 128 Å². The van der Waals surface area contributed by atoms with Crippen molar-refractivity contribution in [3.05, 3.63) is 29.3 Å². The van der Waals surface area contributed by atoms with E-state index in [1.165, 1.54) is 12.1 Å². The number of rotatable bonds is 5. The van der Waals surface area contributed by atoms with Crippen LogP contribution in [0.3, 0.4) is 0 Å². The molecule has 4 N–H and O–H groups in total. The van der Waals surface area contributed by atoms with Crippen LogP contribution in [0.2, 0.25) is 0 Å². The van der Waals surface area contributed by atoms with Crippen molar-refractivity contribution in [1.82, 2.24) is 9.80 Å². The van der Waals surface area contributed by atoms with Gasteiger partial charge in [0.25, 0.3) is 0 Å². The minimum atomic E-state index is -4.37. The van der Waals surface area contributed by atoms with Crippen LogP contribution in [-0.4, -0.2) is 49.1 Å². The molecule has 0 aromatic heterocycles. The molecule has 0 amide bonds. The van der Waals surface area contributed by atoms with Crippen molar-refractivity contribution >= 4 is 5.69 Å². The molecule has 0 saturated carbocycles. The van der Waals surface area contributed by atoms with Crippen LogP contribution < -0.4 is 11.5 Å². The highest BCUT2D eigenvalue weighted by atomic mass is 19.4. The first-order valence-corrected chi connectivity index (χ1v) is 7.50. The Kier molecular flexibility index (Phi) is 5.66. The van der Waals surface area contributed by atoms with Gasteiger partial charge in [0.2, 0.25) is 0 Å². The third-order valence-corrected chi connectivity index (χ3v) is 3.98. The van der Waals surface area contributed by atoms with Crippen LogP contribution in [-0.2, 0) is 12.7 Å². The second-order valence-electron chi connectivity index (χ2n) is 5.67. The number of alkyl halides is 3. The third-order valence-electron chi connectivity index (χ3n) is 3.98. The number of benzene rings is 1. The summed E-state index contributed by atoms with van der Waals surface area (Å²) in [4.78, 5) is 4.36. The molecule has 124 valence electrons. The van der Waals surface area contributed by atoms with E-state index in [1.807, 2.05) is 0 Å². The highest BCUT2D eigenvalue weighted by Gasteiger charge is 2.34. The molecule has 22 heavy (non-hydrogen) atoms. The Hall–Kier alpha value is -1.31. The summed E-state index contributed by atoms with van der Waals surface area (Å²) in [5.74, 6) is 0. The van der Waals surface area contributed by atoms with Crippen molar-refractivity contribution in [2.24, 2.45) is 5.73 Å². The molecule has 1 aromatic carbocycles. The molecule has 4 nitrogen and oxygen atoms in total. The zero-order valence-electron chi connectivity index (χ0n) is 12.6. The van der Waals surface area contributed by atoms with Crippen molar-refractivity contribution in [3.8, 4) is 0 Å². The third kappa shape index (κ3) is 4.59. The van der Waals surface area contributed by atoms with E-state index in [1.54, 1.807) is 0 Å². The Morgan fingerprint density at radius 1 is 1.05 bits per heavy atom. The number of nitrogens with zero attached hydrogens (tertiary/aromatic N) is 2. The molecular weight excluding hydrogens is 293 g/mol. The van der Waals surface area contributed by atoms with E-state index in [4.69, 9.17) is 11.5 Å². The van der Waals surface area contributed by atoms with Crippen molar-refractivity contribution in [2.75, 3.05) is 45.0 Å². The van der Waals surface area contributed by atoms with Gasteiger partial charge < -0.3 is 16.4 Å². The smallest absolute Gasteiger partial charge is 0.399 e. The Bertz CT molecular complexity index is 482. The normalized spacial score (nSPS) is 17.8. The Morgan fingerprint density at radius 3 is 2.27 bits per heavy atom. The maximum absolute atomic E-state index is 13.1. The summed E-state index contributed by atoms with van der Waals surface area (Å²) in [6.07, 6.45) is -3.41. The van der Waals surface area contributed by atoms with Crippen molar-refractivity contribution in [1.29, 1.82) is 0 Å². The SMILES string of the molecule is NCCCN1CCN(Cc2ccc(N)cc2C(F)(F)F)CC1. The molecule has 0 atom stereocenters. The van der Waals surface area contributed by atoms with Gasteiger partial charge in [-0.3, -0.25) is 4.90 Å². The van der Waals surface area contributed by atoms with Gasteiger partial charge in [0, 0.05) is 38.4 Å². The van der Waals surface area contributed by atoms with Crippen LogP contribution in [0.15, 0.2) is 18.2 Å². The van der Waals surface area contributed by atoms with E-state index in [2.05, 4.69) is 9.80 Å². The molecule has 1 aliphatic heterocycles. The molecule has 0 aliphatic carbocycles. The largest absolute Gasteiger partial charge is 0.416 e. The molecule has 2 rings (SSSR count). The number of hydrogen-bond acceptors (Lipinski definition) is 4. The highest BCUT2D eigenvalue weighted by molar-refractivity contribution is 5.46. The lowest BCUT2D eigenvalue weighted by atomic mass is 10.0. The predicted molar refractivity (Wildman–Crippen MR) is 81.2 cm³/mol. The summed E-state index contributed by atoms with van der Waals surface area (Å²) in [7, 11) is 0. The van der Waals surface area contributed by atoms with E-state index in [0.717, 1.165) is 45.2 Å². The molecule has 0 spiro atoms. The van der Waals surface area contributed by atoms with Crippen LogP contribution in [0.5, 0.6) is 0 Å². The number of halogens is 3. The standard InChI is InChI=1S/C15H23F3N4/c16-15(17,18)14-10-13(20)3-2-12(14)11-22-8-6-21(7-9-22)5-1-4-19/h2-3,10H,1,4-9,11,19-20H2. The molecule has 0 unspecified atom stereocenters. The molecule has 1 fully saturated rings. The molecule has 1 heterocycles. The van der Waals surface area contributed by atoms with Crippen LogP contribution in [0.4, 0.5) is 18.9 Å². The monoisotopic (exact) mass is 316 g/mol. The van der Waals surface area contributed by atoms with Gasteiger partial charge in [0.05, 0.1) is 5.56 Å². The number of anilines is 1. The average Bonchev–Trinajstić information content (AvgIpc) is 2.47. The van der Waals surface area contributed by atoms with E-state index in [9.17, 15) is 13.2 Å². The van der Waals surface area contributed by atoms with Gasteiger partial charge in [-0.1, -0.05) is 6.07 Å². The van der Waals surface area contributed by atoms with Crippen LogP contribution in [0.1, 0.15) is 17.5 Å². The van der Waals surface area contributed by atoms with Gasteiger partial charge in [0.1, 0.15) is 0 Å². The molecule has 1 aliphatic rings. The molecule has 0 radical (unpaired) electrons. The average molecular weight is 316 g/mol. The predicted octanol–water partition coefficient (Wildman–Crippen LogP) is 1.75. The molecular formula is C15H23F3N4. The minimum absolute atomic E-state index is 0.141. The van der Waals surface area contributed by atoms with Crippen LogP contribution >= 0.6 is 0 Å². The zero-order valence-corrected chi connectivity index (χ0v) is 12.6. The van der Waals surface area contributed by atoms with Crippen molar-refractivity contribution in [3.63, 3.8) is 0 Å². The first-order valence-electron chi connectivity index (χ1n) is 7.50. The lowest BCUT2D eigenvalue weighted by Gasteiger charge is -2.35. The summed E-state index contributed by atoms with van der Waals surface area (Å²) in [5, 5.41) is 0. The topological polar surface area (TPSA) is 58.5 Å². The van der Waals surface area contributed by atoms with Crippen molar-refractivity contribution < 1.29 is 13.2 Å².